The Hall–Kier alpha value is -1.95. The fraction of sp³-hybridized carbons (Fsp3) is 0.458. The summed E-state index contributed by atoms with van der Waals surface area (Å²) >= 11 is 12.4. The molecule has 2 N–H and O–H groups in total. The lowest BCUT2D eigenvalue weighted by atomic mass is 10.1. The summed E-state index contributed by atoms with van der Waals surface area (Å²) in [5, 5.41) is 8.23. The molecule has 166 valence electrons. The fourth-order valence-electron chi connectivity index (χ4n) is 4.43. The Balaban J connectivity index is 1.41. The molecule has 31 heavy (non-hydrogen) atoms. The minimum Gasteiger partial charge on any atom is -0.378 e. The highest BCUT2D eigenvalue weighted by atomic mass is 35.5. The van der Waals surface area contributed by atoms with Gasteiger partial charge >= 0.3 is 0 Å². The number of benzene rings is 2. The monoisotopic (exact) mass is 460 g/mol. The molecule has 0 aromatic heterocycles. The molecule has 2 atom stereocenters. The van der Waals surface area contributed by atoms with E-state index in [0.29, 0.717) is 10.0 Å². The maximum Gasteiger partial charge on any atom is 0.239 e. The van der Waals surface area contributed by atoms with E-state index in [4.69, 9.17) is 23.2 Å². The zero-order valence-electron chi connectivity index (χ0n) is 18.1. The zero-order valence-corrected chi connectivity index (χ0v) is 19.6. The van der Waals surface area contributed by atoms with Crippen molar-refractivity contribution in [1.82, 2.24) is 10.2 Å². The first-order valence-corrected chi connectivity index (χ1v) is 11.8. The normalized spacial score (nSPS) is 20.1. The molecule has 2 aliphatic rings. The number of rotatable bonds is 5. The number of nitrogens with one attached hydrogen (secondary N) is 2. The van der Waals surface area contributed by atoms with E-state index in [-0.39, 0.29) is 18.0 Å². The Morgan fingerprint density at radius 2 is 1.90 bits per heavy atom. The molecule has 2 saturated heterocycles. The lowest BCUT2D eigenvalue weighted by Gasteiger charge is -2.37. The minimum atomic E-state index is 0.0166. The number of aryl methyl sites for hydroxylation is 1. The van der Waals surface area contributed by atoms with Gasteiger partial charge in [-0.2, -0.15) is 0 Å². The molecule has 2 heterocycles. The molecule has 0 bridgehead atoms. The number of hydrogen-bond acceptors (Lipinski definition) is 4. The number of halogens is 2. The average molecular weight is 461 g/mol. The van der Waals surface area contributed by atoms with Crippen molar-refractivity contribution in [3.8, 4) is 0 Å². The first-order valence-electron chi connectivity index (χ1n) is 11.0. The van der Waals surface area contributed by atoms with Crippen molar-refractivity contribution in [2.75, 3.05) is 42.9 Å². The van der Waals surface area contributed by atoms with Crippen LogP contribution in [-0.4, -0.2) is 49.6 Å². The first-order chi connectivity index (χ1) is 14.9. The second kappa shape index (κ2) is 9.68. The van der Waals surface area contributed by atoms with Crippen molar-refractivity contribution in [2.24, 2.45) is 0 Å². The predicted molar refractivity (Wildman–Crippen MR) is 129 cm³/mol. The Kier molecular flexibility index (Phi) is 6.95. The van der Waals surface area contributed by atoms with Crippen LogP contribution >= 0.6 is 23.2 Å². The second-order valence-electron chi connectivity index (χ2n) is 8.49. The first kappa shape index (κ1) is 22.3. The van der Waals surface area contributed by atoms with Gasteiger partial charge in [0.2, 0.25) is 5.91 Å². The van der Waals surface area contributed by atoms with Crippen molar-refractivity contribution >= 4 is 40.5 Å². The molecule has 2 aliphatic heterocycles. The van der Waals surface area contributed by atoms with Crippen molar-refractivity contribution in [1.29, 1.82) is 0 Å². The van der Waals surface area contributed by atoms with Crippen molar-refractivity contribution in [3.05, 3.63) is 57.6 Å². The van der Waals surface area contributed by atoms with Gasteiger partial charge in [0.05, 0.1) is 12.1 Å². The van der Waals surface area contributed by atoms with Crippen LogP contribution in [0.5, 0.6) is 0 Å². The summed E-state index contributed by atoms with van der Waals surface area (Å²) < 4.78 is 0. The van der Waals surface area contributed by atoms with E-state index in [9.17, 15) is 4.79 Å². The average Bonchev–Trinajstić information content (AvgIpc) is 3.30. The molecule has 5 nitrogen and oxygen atoms in total. The predicted octanol–water partition coefficient (Wildman–Crippen LogP) is 4.88. The van der Waals surface area contributed by atoms with Crippen LogP contribution in [0.15, 0.2) is 36.4 Å². The molecule has 2 unspecified atom stereocenters. The molecule has 7 heteroatoms. The van der Waals surface area contributed by atoms with E-state index in [0.717, 1.165) is 56.8 Å². The Morgan fingerprint density at radius 3 is 2.58 bits per heavy atom. The van der Waals surface area contributed by atoms with Crippen LogP contribution in [0.3, 0.4) is 0 Å². The molecule has 2 aromatic rings. The highest BCUT2D eigenvalue weighted by Crippen LogP contribution is 2.31. The minimum absolute atomic E-state index is 0.0166. The summed E-state index contributed by atoms with van der Waals surface area (Å²) in [5.41, 5.74) is 4.46. The number of hydrogen-bond donors (Lipinski definition) is 2. The molecular weight excluding hydrogens is 431 g/mol. The number of piperazine rings is 1. The maximum absolute atomic E-state index is 12.7. The number of nitrogens with zero attached hydrogens (tertiary/aromatic N) is 2. The van der Waals surface area contributed by atoms with E-state index in [1.165, 1.54) is 11.3 Å². The maximum atomic E-state index is 12.7. The molecule has 0 aliphatic carbocycles. The van der Waals surface area contributed by atoms with Crippen LogP contribution in [0, 0.1) is 6.92 Å². The number of amides is 1. The van der Waals surface area contributed by atoms with Crippen LogP contribution < -0.4 is 15.5 Å². The summed E-state index contributed by atoms with van der Waals surface area (Å²) in [6, 6.07) is 12.2. The smallest absolute Gasteiger partial charge is 0.239 e. The highest BCUT2D eigenvalue weighted by molar-refractivity contribution is 6.35. The van der Waals surface area contributed by atoms with E-state index >= 15 is 0 Å². The summed E-state index contributed by atoms with van der Waals surface area (Å²) in [7, 11) is 0. The molecule has 4 rings (SSSR count). The van der Waals surface area contributed by atoms with E-state index in [2.05, 4.69) is 47.6 Å². The van der Waals surface area contributed by atoms with Crippen molar-refractivity contribution < 1.29 is 4.79 Å². The van der Waals surface area contributed by atoms with Gasteiger partial charge in [0.15, 0.2) is 0 Å². The topological polar surface area (TPSA) is 47.6 Å². The summed E-state index contributed by atoms with van der Waals surface area (Å²) in [6.07, 6.45) is 2.05. The molecule has 1 amide bonds. The van der Waals surface area contributed by atoms with Crippen LogP contribution in [0.1, 0.15) is 36.9 Å². The van der Waals surface area contributed by atoms with Crippen molar-refractivity contribution in [3.63, 3.8) is 0 Å². The SMILES string of the molecule is Cc1ccc(N2CCN(C(=O)C3CCCN3)CC2)cc1NC(C)c1ccc(Cl)cc1Cl. The lowest BCUT2D eigenvalue weighted by molar-refractivity contribution is -0.133. The second-order valence-corrected chi connectivity index (χ2v) is 9.34. The number of carbonyl (C=O) groups is 1. The van der Waals surface area contributed by atoms with Crippen LogP contribution in [0.2, 0.25) is 10.0 Å². The third-order valence-corrected chi connectivity index (χ3v) is 6.90. The molecule has 0 spiro atoms. The summed E-state index contributed by atoms with van der Waals surface area (Å²) in [6.45, 7) is 8.39. The third-order valence-electron chi connectivity index (χ3n) is 6.34. The van der Waals surface area contributed by atoms with Crippen LogP contribution in [0.4, 0.5) is 11.4 Å². The van der Waals surface area contributed by atoms with Gasteiger partial charge in [0, 0.05) is 47.6 Å². The van der Waals surface area contributed by atoms with Crippen LogP contribution in [-0.2, 0) is 4.79 Å². The van der Waals surface area contributed by atoms with Crippen LogP contribution in [0.25, 0.3) is 0 Å². The number of anilines is 2. The van der Waals surface area contributed by atoms with Gasteiger partial charge in [-0.1, -0.05) is 35.3 Å². The van der Waals surface area contributed by atoms with Gasteiger partial charge in [0.1, 0.15) is 0 Å². The van der Waals surface area contributed by atoms with Gasteiger partial charge in [0.25, 0.3) is 0 Å². The zero-order chi connectivity index (χ0) is 22.0. The fourth-order valence-corrected chi connectivity index (χ4v) is 5.00. The highest BCUT2D eigenvalue weighted by Gasteiger charge is 2.29. The van der Waals surface area contributed by atoms with Crippen molar-refractivity contribution in [2.45, 2.75) is 38.8 Å². The van der Waals surface area contributed by atoms with Gasteiger partial charge in [-0.05, 0) is 68.6 Å². The third kappa shape index (κ3) is 5.11. The Labute approximate surface area is 194 Å². The molecule has 0 saturated carbocycles. The van der Waals surface area contributed by atoms with Gasteiger partial charge in [-0.25, -0.2) is 0 Å². The van der Waals surface area contributed by atoms with Gasteiger partial charge in [-0.15, -0.1) is 0 Å². The van der Waals surface area contributed by atoms with E-state index < -0.39 is 0 Å². The molecule has 2 aromatic carbocycles. The van der Waals surface area contributed by atoms with E-state index in [1.807, 2.05) is 17.0 Å². The molecule has 0 radical (unpaired) electrons. The largest absolute Gasteiger partial charge is 0.378 e. The van der Waals surface area contributed by atoms with E-state index in [1.54, 1.807) is 6.07 Å². The Morgan fingerprint density at radius 1 is 1.13 bits per heavy atom. The Bertz CT molecular complexity index is 937. The quantitative estimate of drug-likeness (QED) is 0.667. The standard InChI is InChI=1S/C24H30Cl2N4O/c1-16-5-7-19(15-23(16)28-17(2)20-8-6-18(25)14-21(20)26)29-10-12-30(13-11-29)24(31)22-4-3-9-27-22/h5-8,14-15,17,22,27-28H,3-4,9-13H2,1-2H3. The summed E-state index contributed by atoms with van der Waals surface area (Å²) in [4.78, 5) is 17.0. The number of carbonyl (C=O) groups excluding carboxylic acids is 1. The van der Waals surface area contributed by atoms with Gasteiger partial charge in [-0.3, -0.25) is 4.79 Å². The molecule has 2 fully saturated rings. The molecular formula is C24H30Cl2N4O. The summed E-state index contributed by atoms with van der Waals surface area (Å²) in [5.74, 6) is 0.261. The lowest BCUT2D eigenvalue weighted by Crippen LogP contribution is -2.53. The van der Waals surface area contributed by atoms with Gasteiger partial charge < -0.3 is 20.4 Å².